The molecule has 0 fully saturated rings. The Hall–Kier alpha value is -2.34. The molecule has 0 bridgehead atoms. The standard InChI is InChI=1S/C22H30N2O3S/c1-17-13-18(2)15-21(14-17)24(28(4,26)27)12-8-11-22(25)23-16-19(3)20-9-6-5-7-10-20/h5-7,9-10,13-15,19H,8,11-12,16H2,1-4H3,(H,23,25)/t19-/m0/s1. The summed E-state index contributed by atoms with van der Waals surface area (Å²) in [6, 6.07) is 15.8. The number of carbonyl (C=O) groups is 1. The number of rotatable bonds is 9. The van der Waals surface area contributed by atoms with E-state index in [1.807, 2.05) is 62.4 Å². The van der Waals surface area contributed by atoms with Gasteiger partial charge in [0.2, 0.25) is 15.9 Å². The molecule has 0 spiro atoms. The van der Waals surface area contributed by atoms with Crippen LogP contribution in [-0.2, 0) is 14.8 Å². The van der Waals surface area contributed by atoms with Gasteiger partial charge in [0.05, 0.1) is 11.9 Å². The van der Waals surface area contributed by atoms with Crippen molar-refractivity contribution in [2.24, 2.45) is 0 Å². The predicted octanol–water partition coefficient (Wildman–Crippen LogP) is 3.77. The number of carbonyl (C=O) groups excluding carboxylic acids is 1. The van der Waals surface area contributed by atoms with E-state index in [2.05, 4.69) is 12.2 Å². The Morgan fingerprint density at radius 2 is 1.68 bits per heavy atom. The molecular formula is C22H30N2O3S. The second-order valence-corrected chi connectivity index (χ2v) is 9.31. The minimum atomic E-state index is -3.41. The molecule has 0 saturated carbocycles. The van der Waals surface area contributed by atoms with Gasteiger partial charge in [0.1, 0.15) is 0 Å². The summed E-state index contributed by atoms with van der Waals surface area (Å²) in [6.07, 6.45) is 1.95. The molecule has 1 N–H and O–H groups in total. The van der Waals surface area contributed by atoms with E-state index in [1.165, 1.54) is 16.1 Å². The number of amides is 1. The highest BCUT2D eigenvalue weighted by molar-refractivity contribution is 7.92. The second-order valence-electron chi connectivity index (χ2n) is 7.40. The summed E-state index contributed by atoms with van der Waals surface area (Å²) in [5.41, 5.74) is 3.85. The molecule has 6 heteroatoms. The van der Waals surface area contributed by atoms with Gasteiger partial charge in [-0.1, -0.05) is 43.3 Å². The van der Waals surface area contributed by atoms with Crippen molar-refractivity contribution in [3.8, 4) is 0 Å². The zero-order valence-corrected chi connectivity index (χ0v) is 17.9. The normalized spacial score (nSPS) is 12.4. The molecule has 0 aliphatic rings. The van der Waals surface area contributed by atoms with Crippen LogP contribution < -0.4 is 9.62 Å². The molecule has 2 aromatic rings. The van der Waals surface area contributed by atoms with Crippen molar-refractivity contribution >= 4 is 21.6 Å². The average molecular weight is 403 g/mol. The lowest BCUT2D eigenvalue weighted by atomic mass is 10.0. The van der Waals surface area contributed by atoms with Gasteiger partial charge in [0.25, 0.3) is 0 Å². The first-order valence-corrected chi connectivity index (χ1v) is 11.4. The Morgan fingerprint density at radius 1 is 1.07 bits per heavy atom. The minimum absolute atomic E-state index is 0.0587. The van der Waals surface area contributed by atoms with Crippen molar-refractivity contribution in [3.05, 3.63) is 65.2 Å². The second kappa shape index (κ2) is 9.73. The van der Waals surface area contributed by atoms with Crippen molar-refractivity contribution in [1.29, 1.82) is 0 Å². The lowest BCUT2D eigenvalue weighted by molar-refractivity contribution is -0.121. The highest BCUT2D eigenvalue weighted by atomic mass is 32.2. The molecule has 0 aromatic heterocycles. The van der Waals surface area contributed by atoms with E-state index in [1.54, 1.807) is 0 Å². The maximum Gasteiger partial charge on any atom is 0.232 e. The number of sulfonamides is 1. The van der Waals surface area contributed by atoms with Gasteiger partial charge in [-0.05, 0) is 55.0 Å². The Kier molecular flexibility index (Phi) is 7.63. The highest BCUT2D eigenvalue weighted by Crippen LogP contribution is 2.22. The summed E-state index contributed by atoms with van der Waals surface area (Å²) in [6.45, 7) is 6.80. The fraction of sp³-hybridized carbons (Fsp3) is 0.409. The number of nitrogens with one attached hydrogen (secondary N) is 1. The number of anilines is 1. The molecular weight excluding hydrogens is 372 g/mol. The number of hydrogen-bond donors (Lipinski definition) is 1. The molecule has 0 unspecified atom stereocenters. The quantitative estimate of drug-likeness (QED) is 0.694. The van der Waals surface area contributed by atoms with E-state index >= 15 is 0 Å². The van der Waals surface area contributed by atoms with Crippen LogP contribution in [0.5, 0.6) is 0 Å². The molecule has 0 heterocycles. The molecule has 152 valence electrons. The predicted molar refractivity (Wildman–Crippen MR) is 115 cm³/mol. The Labute approximate surface area is 168 Å². The maximum absolute atomic E-state index is 12.2. The molecule has 2 rings (SSSR count). The van der Waals surface area contributed by atoms with Crippen LogP contribution in [0.4, 0.5) is 5.69 Å². The first-order chi connectivity index (χ1) is 13.2. The maximum atomic E-state index is 12.2. The monoisotopic (exact) mass is 402 g/mol. The Bertz CT molecular complexity index is 875. The van der Waals surface area contributed by atoms with Crippen molar-refractivity contribution < 1.29 is 13.2 Å². The van der Waals surface area contributed by atoms with Crippen LogP contribution in [0.25, 0.3) is 0 Å². The lowest BCUT2D eigenvalue weighted by Crippen LogP contribution is -2.32. The number of benzene rings is 2. The SMILES string of the molecule is Cc1cc(C)cc(N(CCCC(=O)NC[C@H](C)c2ccccc2)S(C)(=O)=O)c1. The van der Waals surface area contributed by atoms with E-state index < -0.39 is 10.0 Å². The van der Waals surface area contributed by atoms with Gasteiger partial charge in [-0.2, -0.15) is 0 Å². The zero-order valence-electron chi connectivity index (χ0n) is 17.1. The van der Waals surface area contributed by atoms with E-state index in [4.69, 9.17) is 0 Å². The largest absolute Gasteiger partial charge is 0.356 e. The third-order valence-electron chi connectivity index (χ3n) is 4.63. The molecule has 5 nitrogen and oxygen atoms in total. The average Bonchev–Trinajstić information content (AvgIpc) is 2.62. The van der Waals surface area contributed by atoms with Crippen molar-refractivity contribution in [3.63, 3.8) is 0 Å². The Morgan fingerprint density at radius 3 is 2.25 bits per heavy atom. The topological polar surface area (TPSA) is 66.5 Å². The van der Waals surface area contributed by atoms with Crippen LogP contribution in [0.1, 0.15) is 42.4 Å². The molecule has 0 aliphatic carbocycles. The van der Waals surface area contributed by atoms with E-state index in [9.17, 15) is 13.2 Å². The van der Waals surface area contributed by atoms with Crippen LogP contribution in [0.3, 0.4) is 0 Å². The van der Waals surface area contributed by atoms with Crippen LogP contribution in [0, 0.1) is 13.8 Å². The fourth-order valence-electron chi connectivity index (χ4n) is 3.22. The van der Waals surface area contributed by atoms with Crippen LogP contribution >= 0.6 is 0 Å². The van der Waals surface area contributed by atoms with Crippen molar-refractivity contribution in [2.75, 3.05) is 23.7 Å². The van der Waals surface area contributed by atoms with Gasteiger partial charge in [0, 0.05) is 19.5 Å². The molecule has 2 aromatic carbocycles. The van der Waals surface area contributed by atoms with Crippen molar-refractivity contribution in [2.45, 2.75) is 39.5 Å². The van der Waals surface area contributed by atoms with Crippen molar-refractivity contribution in [1.82, 2.24) is 5.32 Å². The van der Waals surface area contributed by atoms with Gasteiger partial charge in [-0.3, -0.25) is 9.10 Å². The van der Waals surface area contributed by atoms with Gasteiger partial charge in [-0.15, -0.1) is 0 Å². The zero-order chi connectivity index (χ0) is 20.7. The number of hydrogen-bond acceptors (Lipinski definition) is 3. The third-order valence-corrected chi connectivity index (χ3v) is 5.83. The smallest absolute Gasteiger partial charge is 0.232 e. The van der Waals surface area contributed by atoms with Gasteiger partial charge >= 0.3 is 0 Å². The lowest BCUT2D eigenvalue weighted by Gasteiger charge is -2.23. The van der Waals surface area contributed by atoms with Crippen LogP contribution in [-0.4, -0.2) is 33.7 Å². The summed E-state index contributed by atoms with van der Waals surface area (Å²) < 4.78 is 25.8. The van der Waals surface area contributed by atoms with E-state index in [-0.39, 0.29) is 18.4 Å². The van der Waals surface area contributed by atoms with Gasteiger partial charge < -0.3 is 5.32 Å². The first-order valence-electron chi connectivity index (χ1n) is 9.54. The molecule has 28 heavy (non-hydrogen) atoms. The van der Waals surface area contributed by atoms with Crippen LogP contribution in [0.15, 0.2) is 48.5 Å². The van der Waals surface area contributed by atoms with Gasteiger partial charge in [0.15, 0.2) is 0 Å². The molecule has 1 atom stereocenters. The third kappa shape index (κ3) is 6.68. The summed E-state index contributed by atoms with van der Waals surface area (Å²) >= 11 is 0. The molecule has 0 saturated heterocycles. The summed E-state index contributed by atoms with van der Waals surface area (Å²) in [7, 11) is -3.41. The molecule has 0 radical (unpaired) electrons. The minimum Gasteiger partial charge on any atom is -0.356 e. The van der Waals surface area contributed by atoms with E-state index in [0.29, 0.717) is 25.1 Å². The summed E-state index contributed by atoms with van der Waals surface area (Å²) in [5.74, 6) is 0.171. The van der Waals surface area contributed by atoms with Crippen LogP contribution in [0.2, 0.25) is 0 Å². The van der Waals surface area contributed by atoms with E-state index in [0.717, 1.165) is 11.1 Å². The molecule has 1 amide bonds. The highest BCUT2D eigenvalue weighted by Gasteiger charge is 2.18. The summed E-state index contributed by atoms with van der Waals surface area (Å²) in [4.78, 5) is 12.2. The summed E-state index contributed by atoms with van der Waals surface area (Å²) in [5, 5.41) is 2.94. The Balaban J connectivity index is 1.89. The fourth-order valence-corrected chi connectivity index (χ4v) is 4.17. The first kappa shape index (κ1) is 22.0. The molecule has 0 aliphatic heterocycles. The number of aryl methyl sites for hydroxylation is 2. The van der Waals surface area contributed by atoms with Gasteiger partial charge in [-0.25, -0.2) is 8.42 Å². The number of nitrogens with zero attached hydrogens (tertiary/aromatic N) is 1.